The average Bonchev–Trinajstić information content (AvgIpc) is 2.82. The fourth-order valence-corrected chi connectivity index (χ4v) is 4.38. The van der Waals surface area contributed by atoms with E-state index in [-0.39, 0.29) is 6.42 Å². The van der Waals surface area contributed by atoms with Gasteiger partial charge in [0, 0.05) is 12.2 Å². The molecule has 196 valence electrons. The molecule has 5 heteroatoms. The van der Waals surface area contributed by atoms with Crippen molar-refractivity contribution in [3.63, 3.8) is 0 Å². The van der Waals surface area contributed by atoms with E-state index in [0.29, 0.717) is 12.8 Å². The van der Waals surface area contributed by atoms with Crippen LogP contribution in [0.3, 0.4) is 0 Å². The summed E-state index contributed by atoms with van der Waals surface area (Å²) >= 11 is 0. The molecule has 0 aliphatic rings. The molecule has 0 spiro atoms. The number of unbranched alkanes of at least 4 members (excludes halogenated alkanes) is 10. The molecule has 0 radical (unpaired) electrons. The van der Waals surface area contributed by atoms with Crippen molar-refractivity contribution >= 4 is 11.7 Å². The van der Waals surface area contributed by atoms with E-state index >= 15 is 0 Å². The van der Waals surface area contributed by atoms with Gasteiger partial charge in [0.25, 0.3) is 0 Å². The Balaban J connectivity index is 2.03. The zero-order valence-electron chi connectivity index (χ0n) is 21.8. The number of hydrogen-bond donors (Lipinski definition) is 4. The highest BCUT2D eigenvalue weighted by atomic mass is 16.4. The highest BCUT2D eigenvalue weighted by molar-refractivity contribution is 5.70. The van der Waals surface area contributed by atoms with E-state index < -0.39 is 24.6 Å². The maximum Gasteiger partial charge on any atom is 0.306 e. The molecule has 0 fully saturated rings. The van der Waals surface area contributed by atoms with Crippen molar-refractivity contribution in [2.24, 2.45) is 11.8 Å². The van der Waals surface area contributed by atoms with Crippen LogP contribution in [0.2, 0.25) is 0 Å². The number of carboxylic acids is 1. The number of carbonyl (C=O) groups is 1. The molecule has 0 amide bonds. The van der Waals surface area contributed by atoms with E-state index in [9.17, 15) is 15.0 Å². The summed E-state index contributed by atoms with van der Waals surface area (Å²) in [5.74, 6) is -0.704. The van der Waals surface area contributed by atoms with Gasteiger partial charge in [0.1, 0.15) is 0 Å². The van der Waals surface area contributed by atoms with Crippen LogP contribution in [0.15, 0.2) is 24.3 Å². The third kappa shape index (κ3) is 16.1. The van der Waals surface area contributed by atoms with Crippen LogP contribution in [0.4, 0.5) is 5.69 Å². The molecule has 0 heterocycles. The molecule has 1 rings (SSSR count). The average molecular weight is 478 g/mol. The highest BCUT2D eigenvalue weighted by Gasteiger charge is 2.20. The molecule has 2 atom stereocenters. The third-order valence-electron chi connectivity index (χ3n) is 6.64. The van der Waals surface area contributed by atoms with Crippen LogP contribution in [0.5, 0.6) is 0 Å². The first-order chi connectivity index (χ1) is 16.4. The van der Waals surface area contributed by atoms with Gasteiger partial charge in [-0.2, -0.15) is 0 Å². The van der Waals surface area contributed by atoms with Gasteiger partial charge in [-0.1, -0.05) is 96.6 Å². The van der Waals surface area contributed by atoms with Gasteiger partial charge < -0.3 is 20.6 Å². The van der Waals surface area contributed by atoms with Gasteiger partial charge in [0.15, 0.2) is 0 Å². The fourth-order valence-electron chi connectivity index (χ4n) is 4.38. The first kappa shape index (κ1) is 30.4. The lowest BCUT2D eigenvalue weighted by Gasteiger charge is -2.15. The highest BCUT2D eigenvalue weighted by Crippen LogP contribution is 2.18. The Morgan fingerprint density at radius 1 is 0.824 bits per heavy atom. The second-order valence-electron chi connectivity index (χ2n) is 10.3. The molecule has 0 bridgehead atoms. The largest absolute Gasteiger partial charge is 0.481 e. The summed E-state index contributed by atoms with van der Waals surface area (Å²) < 4.78 is 0. The van der Waals surface area contributed by atoms with E-state index in [1.807, 2.05) is 12.1 Å². The van der Waals surface area contributed by atoms with Crippen LogP contribution in [-0.4, -0.2) is 40.5 Å². The van der Waals surface area contributed by atoms with Gasteiger partial charge in [-0.05, 0) is 49.3 Å². The zero-order valence-corrected chi connectivity index (χ0v) is 21.8. The Kier molecular flexibility index (Phi) is 17.6. The Bertz CT molecular complexity index is 617. The maximum atomic E-state index is 11.3. The molecule has 0 aliphatic carbocycles. The van der Waals surface area contributed by atoms with Crippen molar-refractivity contribution in [1.82, 2.24) is 0 Å². The number of benzene rings is 1. The normalized spacial score (nSPS) is 13.2. The predicted molar refractivity (Wildman–Crippen MR) is 142 cm³/mol. The Labute approximate surface area is 208 Å². The summed E-state index contributed by atoms with van der Waals surface area (Å²) in [5, 5.41) is 31.2. The minimum Gasteiger partial charge on any atom is -0.481 e. The van der Waals surface area contributed by atoms with Crippen molar-refractivity contribution in [3.05, 3.63) is 29.8 Å². The van der Waals surface area contributed by atoms with Gasteiger partial charge in [-0.3, -0.25) is 4.79 Å². The van der Waals surface area contributed by atoms with Gasteiger partial charge >= 0.3 is 5.97 Å². The van der Waals surface area contributed by atoms with Gasteiger partial charge in [0.05, 0.1) is 18.6 Å². The number of hydrogen-bond acceptors (Lipinski definition) is 4. The van der Waals surface area contributed by atoms with Crippen LogP contribution < -0.4 is 5.32 Å². The molecular weight excluding hydrogens is 426 g/mol. The molecular formula is C29H51NO4. The molecule has 5 nitrogen and oxygen atoms in total. The Hall–Kier alpha value is -1.59. The minimum atomic E-state index is -0.970. The Morgan fingerprint density at radius 2 is 1.35 bits per heavy atom. The molecule has 0 aliphatic heterocycles. The number of aliphatic carboxylic acids is 1. The standard InChI is InChI=1S/C29H51NO4/c1-24(2)14-12-10-8-6-4-3-5-7-9-11-13-21-30-27-19-16-25(17-20-27)15-18-26(29(33)34)22-28(32)23-31/h16-17,19-20,24,26,28,30-32H,3-15,18,21-23H2,1-2H3,(H,33,34). The number of aliphatic hydroxyl groups excluding tert-OH is 2. The predicted octanol–water partition coefficient (Wildman–Crippen LogP) is 6.81. The van der Waals surface area contributed by atoms with Crippen molar-refractivity contribution in [2.45, 2.75) is 116 Å². The zero-order chi connectivity index (χ0) is 25.0. The number of aliphatic hydroxyl groups is 2. The van der Waals surface area contributed by atoms with Crippen LogP contribution in [0, 0.1) is 11.8 Å². The topological polar surface area (TPSA) is 89.8 Å². The number of carboxylic acid groups (broad SMARTS) is 1. The third-order valence-corrected chi connectivity index (χ3v) is 6.64. The maximum absolute atomic E-state index is 11.3. The summed E-state index contributed by atoms with van der Waals surface area (Å²) in [4.78, 5) is 11.3. The smallest absolute Gasteiger partial charge is 0.306 e. The first-order valence-corrected chi connectivity index (χ1v) is 13.8. The summed E-state index contributed by atoms with van der Waals surface area (Å²) in [6.45, 7) is 5.21. The molecule has 34 heavy (non-hydrogen) atoms. The fraction of sp³-hybridized carbons (Fsp3) is 0.759. The molecule has 0 aromatic heterocycles. The number of rotatable bonds is 22. The van der Waals surface area contributed by atoms with Crippen LogP contribution in [-0.2, 0) is 11.2 Å². The van der Waals surface area contributed by atoms with Gasteiger partial charge in [-0.15, -0.1) is 0 Å². The quantitative estimate of drug-likeness (QED) is 0.138. The summed E-state index contributed by atoms with van der Waals surface area (Å²) in [6, 6.07) is 8.18. The first-order valence-electron chi connectivity index (χ1n) is 13.8. The molecule has 4 N–H and O–H groups in total. The summed E-state index contributed by atoms with van der Waals surface area (Å²) in [5.41, 5.74) is 2.19. The molecule has 0 saturated heterocycles. The van der Waals surface area contributed by atoms with Crippen molar-refractivity contribution in [3.8, 4) is 0 Å². The Morgan fingerprint density at radius 3 is 1.85 bits per heavy atom. The van der Waals surface area contributed by atoms with Crippen molar-refractivity contribution in [1.29, 1.82) is 0 Å². The van der Waals surface area contributed by atoms with E-state index in [2.05, 4.69) is 31.3 Å². The van der Waals surface area contributed by atoms with Gasteiger partial charge in [0.2, 0.25) is 0 Å². The molecule has 1 aromatic carbocycles. The lowest BCUT2D eigenvalue weighted by molar-refractivity contribution is -0.143. The minimum absolute atomic E-state index is 0.0873. The number of anilines is 1. The van der Waals surface area contributed by atoms with Crippen molar-refractivity contribution < 1.29 is 20.1 Å². The number of aryl methyl sites for hydroxylation is 1. The molecule has 2 unspecified atom stereocenters. The van der Waals surface area contributed by atoms with E-state index in [0.717, 1.165) is 23.7 Å². The van der Waals surface area contributed by atoms with Crippen LogP contribution in [0.1, 0.15) is 109 Å². The summed E-state index contributed by atoms with van der Waals surface area (Å²) in [7, 11) is 0. The van der Waals surface area contributed by atoms with Crippen LogP contribution in [0.25, 0.3) is 0 Å². The second-order valence-corrected chi connectivity index (χ2v) is 10.3. The monoisotopic (exact) mass is 477 g/mol. The summed E-state index contributed by atoms with van der Waals surface area (Å²) in [6.07, 6.45) is 16.6. The lowest BCUT2D eigenvalue weighted by Crippen LogP contribution is -2.23. The number of nitrogens with one attached hydrogen (secondary N) is 1. The second kappa shape index (κ2) is 19.7. The molecule has 1 aromatic rings. The SMILES string of the molecule is CC(C)CCCCCCCCCCCCCNc1ccc(CCC(CC(O)CO)C(=O)O)cc1. The van der Waals surface area contributed by atoms with E-state index in [1.54, 1.807) is 0 Å². The van der Waals surface area contributed by atoms with E-state index in [1.165, 1.54) is 77.0 Å². The lowest BCUT2D eigenvalue weighted by atomic mass is 9.94. The van der Waals surface area contributed by atoms with E-state index in [4.69, 9.17) is 5.11 Å². The van der Waals surface area contributed by atoms with Crippen LogP contribution >= 0.6 is 0 Å². The molecule has 0 saturated carbocycles. The van der Waals surface area contributed by atoms with Crippen molar-refractivity contribution in [2.75, 3.05) is 18.5 Å². The van der Waals surface area contributed by atoms with Gasteiger partial charge in [-0.25, -0.2) is 0 Å².